The summed E-state index contributed by atoms with van der Waals surface area (Å²) in [5.41, 5.74) is -0.547. The summed E-state index contributed by atoms with van der Waals surface area (Å²) in [6.07, 6.45) is 14.0. The second kappa shape index (κ2) is 11.8. The third-order valence-electron chi connectivity index (χ3n) is 7.19. The zero-order valence-corrected chi connectivity index (χ0v) is 21.5. The maximum atomic E-state index is 12.8. The van der Waals surface area contributed by atoms with Crippen molar-refractivity contribution in [3.63, 3.8) is 0 Å². The molecule has 2 saturated carbocycles. The highest BCUT2D eigenvalue weighted by Crippen LogP contribution is 2.26. The number of nitrogens with zero attached hydrogens (tertiary/aromatic N) is 2. The molecule has 0 radical (unpaired) electrons. The Morgan fingerprint density at radius 2 is 1.40 bits per heavy atom. The van der Waals surface area contributed by atoms with E-state index in [1.54, 1.807) is 35.0 Å². The van der Waals surface area contributed by atoms with E-state index in [9.17, 15) is 19.2 Å². The normalized spacial score (nSPS) is 17.2. The van der Waals surface area contributed by atoms with Crippen LogP contribution >= 0.6 is 15.9 Å². The van der Waals surface area contributed by atoms with Crippen LogP contribution in [-0.2, 0) is 13.1 Å². The maximum Gasteiger partial charge on any atom is 0.331 e. The number of rotatable bonds is 4. The molecule has 188 valence electrons. The second-order valence-corrected chi connectivity index (χ2v) is 10.6. The van der Waals surface area contributed by atoms with Crippen molar-refractivity contribution in [1.29, 1.82) is 0 Å². The molecule has 3 aromatic rings. The average Bonchev–Trinajstić information content (AvgIpc) is 2.87. The van der Waals surface area contributed by atoms with E-state index >= 15 is 0 Å². The highest BCUT2D eigenvalue weighted by Gasteiger charge is 2.20. The summed E-state index contributed by atoms with van der Waals surface area (Å²) < 4.78 is 3.76. The molecule has 2 aliphatic carbocycles. The van der Waals surface area contributed by atoms with E-state index in [0.717, 1.165) is 19.4 Å². The summed E-state index contributed by atoms with van der Waals surface area (Å²) in [6.45, 7) is 1.34. The fraction of sp³-hybridized carbons (Fsp3) is 0.538. The van der Waals surface area contributed by atoms with Crippen molar-refractivity contribution in [2.75, 3.05) is 0 Å². The largest absolute Gasteiger partial charge is 0.331 e. The van der Waals surface area contributed by atoms with Crippen LogP contribution < -0.4 is 22.5 Å². The first kappa shape index (κ1) is 25.4. The average molecular weight is 545 g/mol. The molecule has 5 rings (SSSR count). The van der Waals surface area contributed by atoms with Crippen LogP contribution in [0.25, 0.3) is 10.9 Å². The highest BCUT2D eigenvalue weighted by atomic mass is 79.9. The number of nitrogens with one attached hydrogen (secondary N) is 2. The Morgan fingerprint density at radius 1 is 0.800 bits per heavy atom. The van der Waals surface area contributed by atoms with Gasteiger partial charge in [0.25, 0.3) is 11.1 Å². The SMILES string of the molecule is O=c1[nH]c(=O)c2ccccc2[nH]1.O=c1c(Br)cn(CC2CCCCC2)c(=O)n1CC1CCCCC1. The van der Waals surface area contributed by atoms with E-state index in [-0.39, 0.29) is 16.8 Å². The number of hydrogen-bond acceptors (Lipinski definition) is 4. The van der Waals surface area contributed by atoms with Crippen LogP contribution in [0.3, 0.4) is 0 Å². The van der Waals surface area contributed by atoms with Gasteiger partial charge in [0.1, 0.15) is 0 Å². The number of benzene rings is 1. The van der Waals surface area contributed by atoms with Gasteiger partial charge in [-0.1, -0.05) is 50.7 Å². The maximum absolute atomic E-state index is 12.8. The molecular formula is C26H33BrN4O4. The van der Waals surface area contributed by atoms with E-state index in [4.69, 9.17) is 0 Å². The Bertz CT molecular complexity index is 1370. The van der Waals surface area contributed by atoms with Gasteiger partial charge in [0.05, 0.1) is 15.4 Å². The molecule has 2 N–H and O–H groups in total. The first-order valence-electron chi connectivity index (χ1n) is 12.6. The molecule has 2 fully saturated rings. The predicted molar refractivity (Wildman–Crippen MR) is 141 cm³/mol. The Morgan fingerprint density at radius 3 is 2.06 bits per heavy atom. The quantitative estimate of drug-likeness (QED) is 0.513. The van der Waals surface area contributed by atoms with Gasteiger partial charge in [0.2, 0.25) is 0 Å². The van der Waals surface area contributed by atoms with Crippen molar-refractivity contribution in [3.05, 3.63) is 76.6 Å². The molecule has 8 nitrogen and oxygen atoms in total. The predicted octanol–water partition coefficient (Wildman–Crippen LogP) is 4.15. The van der Waals surface area contributed by atoms with Gasteiger partial charge in [-0.3, -0.25) is 23.7 Å². The second-order valence-electron chi connectivity index (χ2n) is 9.79. The summed E-state index contributed by atoms with van der Waals surface area (Å²) in [5.74, 6) is 1.06. The van der Waals surface area contributed by atoms with E-state index in [2.05, 4.69) is 25.9 Å². The molecule has 0 atom stereocenters. The van der Waals surface area contributed by atoms with Gasteiger partial charge in [-0.15, -0.1) is 0 Å². The summed E-state index contributed by atoms with van der Waals surface area (Å²) in [4.78, 5) is 51.8. The van der Waals surface area contributed by atoms with Crippen molar-refractivity contribution in [3.8, 4) is 0 Å². The van der Waals surface area contributed by atoms with Gasteiger partial charge in [-0.2, -0.15) is 0 Å². The van der Waals surface area contributed by atoms with Crippen LogP contribution in [0.1, 0.15) is 64.2 Å². The molecule has 9 heteroatoms. The van der Waals surface area contributed by atoms with Crippen LogP contribution in [0.4, 0.5) is 0 Å². The summed E-state index contributed by atoms with van der Waals surface area (Å²) in [7, 11) is 0. The fourth-order valence-corrected chi connectivity index (χ4v) is 5.76. The van der Waals surface area contributed by atoms with Crippen molar-refractivity contribution < 1.29 is 0 Å². The standard InChI is InChI=1S/C18H27BrN2O2.C8H6N2O2/c19-16-13-20(11-14-7-3-1-4-8-14)18(23)21(17(16)22)12-15-9-5-2-6-10-15;11-7-5-3-1-2-4-6(5)9-8(12)10-7/h13-15H,1-12H2;1-4H,(H2,9,10,11,12). The van der Waals surface area contributed by atoms with Crippen molar-refractivity contribution >= 4 is 26.8 Å². The van der Waals surface area contributed by atoms with Crippen LogP contribution in [0.5, 0.6) is 0 Å². The number of para-hydroxylation sites is 1. The molecule has 0 aliphatic heterocycles. The van der Waals surface area contributed by atoms with Crippen molar-refractivity contribution in [2.24, 2.45) is 11.8 Å². The molecule has 2 heterocycles. The molecule has 1 aromatic carbocycles. The van der Waals surface area contributed by atoms with Gasteiger partial charge in [-0.25, -0.2) is 9.59 Å². The van der Waals surface area contributed by atoms with E-state index < -0.39 is 5.69 Å². The zero-order chi connectivity index (χ0) is 24.8. The van der Waals surface area contributed by atoms with Gasteiger partial charge in [0, 0.05) is 19.3 Å². The number of aromatic amines is 2. The van der Waals surface area contributed by atoms with E-state index in [1.165, 1.54) is 55.9 Å². The molecule has 0 saturated heterocycles. The Balaban J connectivity index is 0.000000201. The van der Waals surface area contributed by atoms with E-state index in [1.807, 2.05) is 0 Å². The monoisotopic (exact) mass is 544 g/mol. The number of aromatic nitrogens is 4. The fourth-order valence-electron chi connectivity index (χ4n) is 5.30. The Labute approximate surface area is 211 Å². The van der Waals surface area contributed by atoms with Gasteiger partial charge in [0.15, 0.2) is 0 Å². The van der Waals surface area contributed by atoms with Crippen LogP contribution in [-0.4, -0.2) is 19.1 Å². The molecule has 0 unspecified atom stereocenters. The molecule has 2 aliphatic rings. The van der Waals surface area contributed by atoms with Gasteiger partial charge >= 0.3 is 11.4 Å². The lowest BCUT2D eigenvalue weighted by Gasteiger charge is -2.24. The van der Waals surface area contributed by atoms with Gasteiger partial charge < -0.3 is 4.98 Å². The lowest BCUT2D eigenvalue weighted by Crippen LogP contribution is -2.42. The molecule has 0 amide bonds. The van der Waals surface area contributed by atoms with Crippen LogP contribution in [0.15, 0.2) is 54.1 Å². The third-order valence-corrected chi connectivity index (χ3v) is 7.73. The molecule has 35 heavy (non-hydrogen) atoms. The van der Waals surface area contributed by atoms with Crippen LogP contribution in [0.2, 0.25) is 0 Å². The van der Waals surface area contributed by atoms with E-state index in [0.29, 0.717) is 33.8 Å². The number of halogens is 1. The van der Waals surface area contributed by atoms with Crippen molar-refractivity contribution in [2.45, 2.75) is 77.3 Å². The zero-order valence-electron chi connectivity index (χ0n) is 19.9. The highest BCUT2D eigenvalue weighted by molar-refractivity contribution is 9.10. The smallest absolute Gasteiger partial charge is 0.307 e. The number of fused-ring (bicyclic) bond motifs is 1. The number of H-pyrrole nitrogens is 2. The van der Waals surface area contributed by atoms with Crippen LogP contribution in [0, 0.1) is 11.8 Å². The minimum absolute atomic E-state index is 0.116. The number of hydrogen-bond donors (Lipinski definition) is 2. The summed E-state index contributed by atoms with van der Waals surface area (Å²) in [6, 6.07) is 6.85. The molecular weight excluding hydrogens is 512 g/mol. The third kappa shape index (κ3) is 6.51. The topological polar surface area (TPSA) is 110 Å². The first-order valence-corrected chi connectivity index (χ1v) is 13.4. The molecule has 0 spiro atoms. The summed E-state index contributed by atoms with van der Waals surface area (Å²) >= 11 is 3.37. The Kier molecular flexibility index (Phi) is 8.59. The lowest BCUT2D eigenvalue weighted by molar-refractivity contribution is 0.292. The Hall–Kier alpha value is -2.68. The minimum atomic E-state index is -0.473. The lowest BCUT2D eigenvalue weighted by atomic mass is 9.89. The summed E-state index contributed by atoms with van der Waals surface area (Å²) in [5, 5.41) is 0.497. The first-order chi connectivity index (χ1) is 16.9. The molecule has 2 aromatic heterocycles. The minimum Gasteiger partial charge on any atom is -0.307 e. The van der Waals surface area contributed by atoms with Gasteiger partial charge in [-0.05, 0) is 65.6 Å². The molecule has 0 bridgehead atoms. The van der Waals surface area contributed by atoms with Crippen molar-refractivity contribution in [1.82, 2.24) is 19.1 Å².